The lowest BCUT2D eigenvalue weighted by atomic mass is 10.1. The number of hydrogen-bond acceptors (Lipinski definition) is 3. The second-order valence-corrected chi connectivity index (χ2v) is 3.79. The van der Waals surface area contributed by atoms with Gasteiger partial charge in [-0.1, -0.05) is 0 Å². The maximum Gasteiger partial charge on any atom is 0.128 e. The van der Waals surface area contributed by atoms with Crippen LogP contribution in [0, 0.1) is 19.7 Å². The summed E-state index contributed by atoms with van der Waals surface area (Å²) in [4.78, 5) is 8.60. The summed E-state index contributed by atoms with van der Waals surface area (Å²) < 4.78 is 18.5. The molecule has 1 heterocycles. The molecule has 0 amide bonds. The van der Waals surface area contributed by atoms with Crippen molar-refractivity contribution in [2.45, 2.75) is 13.8 Å². The fraction of sp³-hybridized carbons (Fsp3) is 0.231. The Morgan fingerprint density at radius 1 is 1.24 bits per heavy atom. The molecule has 3 nitrogen and oxygen atoms in total. The quantitative estimate of drug-likeness (QED) is 0.798. The first-order valence-electron chi connectivity index (χ1n) is 5.26. The van der Waals surface area contributed by atoms with E-state index in [1.54, 1.807) is 19.4 Å². The highest BCUT2D eigenvalue weighted by Crippen LogP contribution is 2.30. The highest BCUT2D eigenvalue weighted by atomic mass is 19.1. The Morgan fingerprint density at radius 3 is 2.71 bits per heavy atom. The van der Waals surface area contributed by atoms with Crippen LogP contribution >= 0.6 is 0 Å². The predicted octanol–water partition coefficient (Wildman–Crippen LogP) is 2.91. The van der Waals surface area contributed by atoms with E-state index in [9.17, 15) is 4.39 Å². The second-order valence-electron chi connectivity index (χ2n) is 3.79. The van der Waals surface area contributed by atoms with Crippen molar-refractivity contribution >= 4 is 0 Å². The van der Waals surface area contributed by atoms with Crippen molar-refractivity contribution in [3.63, 3.8) is 0 Å². The third kappa shape index (κ3) is 2.25. The van der Waals surface area contributed by atoms with Gasteiger partial charge in [0.05, 0.1) is 24.2 Å². The first kappa shape index (κ1) is 11.5. The van der Waals surface area contributed by atoms with Gasteiger partial charge in [0.2, 0.25) is 0 Å². The Bertz CT molecular complexity index is 555. The van der Waals surface area contributed by atoms with Crippen LogP contribution in [0.1, 0.15) is 11.4 Å². The first-order valence-corrected chi connectivity index (χ1v) is 5.26. The highest BCUT2D eigenvalue weighted by Gasteiger charge is 2.12. The van der Waals surface area contributed by atoms with E-state index in [1.807, 2.05) is 13.8 Å². The normalized spacial score (nSPS) is 10.4. The highest BCUT2D eigenvalue weighted by molar-refractivity contribution is 5.68. The number of rotatable bonds is 2. The summed E-state index contributed by atoms with van der Waals surface area (Å²) in [5.74, 6) is 0.276. The lowest BCUT2D eigenvalue weighted by Gasteiger charge is -2.10. The summed E-state index contributed by atoms with van der Waals surface area (Å²) in [5.41, 5.74) is 2.82. The second kappa shape index (κ2) is 4.49. The fourth-order valence-electron chi connectivity index (χ4n) is 1.66. The molecule has 2 aromatic rings. The Labute approximate surface area is 99.3 Å². The number of nitrogens with zero attached hydrogens (tertiary/aromatic N) is 2. The summed E-state index contributed by atoms with van der Waals surface area (Å²) in [7, 11) is 1.55. The predicted molar refractivity (Wildman–Crippen MR) is 63.5 cm³/mol. The van der Waals surface area contributed by atoms with E-state index in [2.05, 4.69) is 9.97 Å². The summed E-state index contributed by atoms with van der Waals surface area (Å²) in [5, 5.41) is 0. The number of ether oxygens (including phenoxy) is 1. The van der Waals surface area contributed by atoms with Crippen molar-refractivity contribution in [1.82, 2.24) is 9.97 Å². The molecule has 0 aliphatic heterocycles. The SMILES string of the molecule is COc1ccc(F)cc1-c1nc(C)cnc1C. The van der Waals surface area contributed by atoms with Gasteiger partial charge in [0, 0.05) is 11.8 Å². The Balaban J connectivity index is 2.66. The van der Waals surface area contributed by atoms with Crippen LogP contribution in [0.5, 0.6) is 5.75 Å². The minimum Gasteiger partial charge on any atom is -0.496 e. The number of hydrogen-bond donors (Lipinski definition) is 0. The monoisotopic (exact) mass is 232 g/mol. The lowest BCUT2D eigenvalue weighted by Crippen LogP contribution is -1.97. The van der Waals surface area contributed by atoms with Crippen molar-refractivity contribution in [3.8, 4) is 17.0 Å². The van der Waals surface area contributed by atoms with Crippen LogP contribution in [0.3, 0.4) is 0 Å². The standard InChI is InChI=1S/C13H13FN2O/c1-8-7-15-9(2)13(16-8)11-6-10(14)4-5-12(11)17-3/h4-7H,1-3H3. The van der Waals surface area contributed by atoms with Gasteiger partial charge in [-0.2, -0.15) is 0 Å². The van der Waals surface area contributed by atoms with Gasteiger partial charge in [-0.3, -0.25) is 4.98 Å². The van der Waals surface area contributed by atoms with Gasteiger partial charge in [-0.15, -0.1) is 0 Å². The summed E-state index contributed by atoms with van der Waals surface area (Å²) in [6.45, 7) is 3.69. The van der Waals surface area contributed by atoms with Gasteiger partial charge >= 0.3 is 0 Å². The zero-order chi connectivity index (χ0) is 12.4. The van der Waals surface area contributed by atoms with Gasteiger partial charge in [-0.05, 0) is 32.0 Å². The number of benzene rings is 1. The van der Waals surface area contributed by atoms with Crippen LogP contribution in [-0.4, -0.2) is 17.1 Å². The molecule has 1 aromatic carbocycles. The number of halogens is 1. The molecular weight excluding hydrogens is 219 g/mol. The number of aromatic nitrogens is 2. The van der Waals surface area contributed by atoms with Gasteiger partial charge < -0.3 is 4.74 Å². The molecule has 0 spiro atoms. The molecule has 0 saturated carbocycles. The van der Waals surface area contributed by atoms with Gasteiger partial charge in [0.15, 0.2) is 0 Å². The molecule has 88 valence electrons. The molecule has 0 aliphatic carbocycles. The summed E-state index contributed by atoms with van der Waals surface area (Å²) >= 11 is 0. The molecule has 1 aromatic heterocycles. The van der Waals surface area contributed by atoms with Crippen LogP contribution in [0.15, 0.2) is 24.4 Å². The summed E-state index contributed by atoms with van der Waals surface area (Å²) in [6.07, 6.45) is 1.69. The van der Waals surface area contributed by atoms with E-state index in [-0.39, 0.29) is 5.82 Å². The molecule has 0 fully saturated rings. The molecule has 2 rings (SSSR count). The Hall–Kier alpha value is -1.97. The maximum absolute atomic E-state index is 13.3. The molecule has 0 saturated heterocycles. The molecule has 0 atom stereocenters. The molecule has 0 N–H and O–H groups in total. The van der Waals surface area contributed by atoms with Crippen molar-refractivity contribution in [1.29, 1.82) is 0 Å². The van der Waals surface area contributed by atoms with Crippen LogP contribution in [0.4, 0.5) is 4.39 Å². The molecule has 0 radical (unpaired) electrons. The zero-order valence-corrected chi connectivity index (χ0v) is 9.99. The van der Waals surface area contributed by atoms with Crippen molar-refractivity contribution in [2.24, 2.45) is 0 Å². The van der Waals surface area contributed by atoms with E-state index in [1.165, 1.54) is 12.1 Å². The average Bonchev–Trinajstić information content (AvgIpc) is 2.32. The van der Waals surface area contributed by atoms with E-state index in [0.717, 1.165) is 11.4 Å². The minimum absolute atomic E-state index is 0.316. The first-order chi connectivity index (χ1) is 8.11. The molecular formula is C13H13FN2O. The van der Waals surface area contributed by atoms with Gasteiger partial charge in [-0.25, -0.2) is 9.37 Å². The topological polar surface area (TPSA) is 35.0 Å². The van der Waals surface area contributed by atoms with Gasteiger partial charge in [0.1, 0.15) is 11.6 Å². The zero-order valence-electron chi connectivity index (χ0n) is 9.99. The molecule has 17 heavy (non-hydrogen) atoms. The smallest absolute Gasteiger partial charge is 0.128 e. The maximum atomic E-state index is 13.3. The Morgan fingerprint density at radius 2 is 2.00 bits per heavy atom. The van der Waals surface area contributed by atoms with Crippen LogP contribution < -0.4 is 4.74 Å². The van der Waals surface area contributed by atoms with Crippen molar-refractivity contribution in [3.05, 3.63) is 41.6 Å². The Kier molecular flexibility index (Phi) is 3.04. The molecule has 0 aliphatic rings. The number of aryl methyl sites for hydroxylation is 2. The average molecular weight is 232 g/mol. The largest absolute Gasteiger partial charge is 0.496 e. The lowest BCUT2D eigenvalue weighted by molar-refractivity contribution is 0.415. The van der Waals surface area contributed by atoms with Crippen LogP contribution in [-0.2, 0) is 0 Å². The third-order valence-corrected chi connectivity index (χ3v) is 2.49. The van der Waals surface area contributed by atoms with Crippen LogP contribution in [0.25, 0.3) is 11.3 Å². The van der Waals surface area contributed by atoms with Crippen molar-refractivity contribution < 1.29 is 9.13 Å². The fourth-order valence-corrected chi connectivity index (χ4v) is 1.66. The molecule has 0 bridgehead atoms. The molecule has 4 heteroatoms. The summed E-state index contributed by atoms with van der Waals surface area (Å²) in [6, 6.07) is 4.37. The van der Waals surface area contributed by atoms with Gasteiger partial charge in [0.25, 0.3) is 0 Å². The third-order valence-electron chi connectivity index (χ3n) is 2.49. The number of methoxy groups -OCH3 is 1. The van der Waals surface area contributed by atoms with Crippen molar-refractivity contribution in [2.75, 3.05) is 7.11 Å². The van der Waals surface area contributed by atoms with E-state index < -0.39 is 0 Å². The van der Waals surface area contributed by atoms with E-state index in [4.69, 9.17) is 4.74 Å². The van der Waals surface area contributed by atoms with Crippen LogP contribution in [0.2, 0.25) is 0 Å². The minimum atomic E-state index is -0.316. The van der Waals surface area contributed by atoms with E-state index in [0.29, 0.717) is 17.0 Å². The molecule has 0 unspecified atom stereocenters. The van der Waals surface area contributed by atoms with E-state index >= 15 is 0 Å².